The average molecular weight is 373 g/mol. The van der Waals surface area contributed by atoms with Gasteiger partial charge >= 0.3 is 0 Å². The predicted octanol–water partition coefficient (Wildman–Crippen LogP) is 3.00. The summed E-state index contributed by atoms with van der Waals surface area (Å²) < 4.78 is 10.8. The Labute approximate surface area is 157 Å². The lowest BCUT2D eigenvalue weighted by Crippen LogP contribution is -2.39. The molecule has 0 saturated heterocycles. The van der Waals surface area contributed by atoms with Crippen molar-refractivity contribution < 1.29 is 14.3 Å². The molecule has 6 nitrogen and oxygen atoms in total. The normalized spacial score (nSPS) is 19.2. The monoisotopic (exact) mass is 373 g/mol. The van der Waals surface area contributed by atoms with Crippen LogP contribution in [0.5, 0.6) is 11.5 Å². The van der Waals surface area contributed by atoms with E-state index in [-0.39, 0.29) is 12.1 Å². The van der Waals surface area contributed by atoms with Gasteiger partial charge in [0.05, 0.1) is 19.8 Å². The van der Waals surface area contributed by atoms with E-state index in [1.165, 1.54) is 10.4 Å². The number of anilines is 1. The third-order valence-electron chi connectivity index (χ3n) is 5.11. The zero-order chi connectivity index (χ0) is 18.3. The number of fused-ring (bicyclic) bond motifs is 3. The minimum atomic E-state index is -0.345. The minimum absolute atomic E-state index is 0.0175. The molecular formula is C19H23N3O3S. The van der Waals surface area contributed by atoms with E-state index in [1.54, 1.807) is 25.6 Å². The number of thiophene rings is 1. The molecule has 0 aliphatic carbocycles. The van der Waals surface area contributed by atoms with E-state index in [4.69, 9.17) is 9.47 Å². The molecule has 0 radical (unpaired) electrons. The van der Waals surface area contributed by atoms with E-state index >= 15 is 0 Å². The standard InChI is InChI=1S/C19H23N3O3S/c1-4-22-8-7-12-15(10-22)26-19-16(12)18(23)20-17(21-19)13-9-11(24-2)5-6-14(13)25-3/h5-6,9,17,21H,4,7-8,10H2,1-3H3,(H,20,23)/t17-/m1/s1. The summed E-state index contributed by atoms with van der Waals surface area (Å²) in [5, 5.41) is 7.53. The maximum absolute atomic E-state index is 12.9. The van der Waals surface area contributed by atoms with Gasteiger partial charge in [0.1, 0.15) is 22.7 Å². The summed E-state index contributed by atoms with van der Waals surface area (Å²) in [6.07, 6.45) is 0.583. The van der Waals surface area contributed by atoms with Crippen molar-refractivity contribution in [2.24, 2.45) is 0 Å². The Bertz CT molecular complexity index is 849. The summed E-state index contributed by atoms with van der Waals surface area (Å²) in [5.74, 6) is 1.42. The first-order valence-corrected chi connectivity index (χ1v) is 9.62. The van der Waals surface area contributed by atoms with Crippen molar-refractivity contribution in [3.8, 4) is 11.5 Å². The summed E-state index contributed by atoms with van der Waals surface area (Å²) in [6.45, 7) is 5.14. The smallest absolute Gasteiger partial charge is 0.256 e. The fraction of sp³-hybridized carbons (Fsp3) is 0.421. The number of ether oxygens (including phenoxy) is 2. The number of rotatable bonds is 4. The fourth-order valence-electron chi connectivity index (χ4n) is 3.66. The molecule has 26 heavy (non-hydrogen) atoms. The number of benzene rings is 1. The highest BCUT2D eigenvalue weighted by Gasteiger charge is 2.34. The lowest BCUT2D eigenvalue weighted by Gasteiger charge is -2.28. The summed E-state index contributed by atoms with van der Waals surface area (Å²) in [7, 11) is 3.26. The van der Waals surface area contributed by atoms with Gasteiger partial charge in [0, 0.05) is 23.5 Å². The number of likely N-dealkylation sites (N-methyl/N-ethyl adjacent to an activating group) is 1. The first kappa shape index (κ1) is 17.2. The number of methoxy groups -OCH3 is 2. The molecule has 2 aromatic rings. The van der Waals surface area contributed by atoms with Crippen LogP contribution < -0.4 is 20.1 Å². The van der Waals surface area contributed by atoms with Crippen molar-refractivity contribution in [2.75, 3.05) is 32.6 Å². The largest absolute Gasteiger partial charge is 0.497 e. The Morgan fingerprint density at radius 2 is 2.12 bits per heavy atom. The van der Waals surface area contributed by atoms with Gasteiger partial charge in [-0.1, -0.05) is 6.92 Å². The molecule has 3 heterocycles. The number of amides is 1. The van der Waals surface area contributed by atoms with Crippen LogP contribution >= 0.6 is 11.3 Å². The number of carbonyl (C=O) groups is 1. The van der Waals surface area contributed by atoms with Gasteiger partial charge in [-0.2, -0.15) is 0 Å². The summed E-state index contributed by atoms with van der Waals surface area (Å²) in [6, 6.07) is 5.60. The third-order valence-corrected chi connectivity index (χ3v) is 6.26. The quantitative estimate of drug-likeness (QED) is 0.863. The van der Waals surface area contributed by atoms with Crippen LogP contribution in [0, 0.1) is 0 Å². The van der Waals surface area contributed by atoms with E-state index in [9.17, 15) is 4.79 Å². The van der Waals surface area contributed by atoms with E-state index in [0.717, 1.165) is 47.9 Å². The first-order chi connectivity index (χ1) is 12.6. The van der Waals surface area contributed by atoms with Gasteiger partial charge in [0.25, 0.3) is 5.91 Å². The lowest BCUT2D eigenvalue weighted by molar-refractivity contribution is 0.0934. The molecule has 0 spiro atoms. The molecule has 1 atom stereocenters. The Morgan fingerprint density at radius 1 is 1.27 bits per heavy atom. The van der Waals surface area contributed by atoms with Crippen LogP contribution in [-0.2, 0) is 13.0 Å². The fourth-order valence-corrected chi connectivity index (χ4v) is 4.97. The van der Waals surface area contributed by atoms with Gasteiger partial charge in [-0.3, -0.25) is 9.69 Å². The molecule has 1 aromatic carbocycles. The Kier molecular flexibility index (Phi) is 4.50. The Morgan fingerprint density at radius 3 is 2.85 bits per heavy atom. The highest BCUT2D eigenvalue weighted by Crippen LogP contribution is 2.42. The van der Waals surface area contributed by atoms with Gasteiger partial charge in [0.2, 0.25) is 0 Å². The molecule has 0 fully saturated rings. The maximum atomic E-state index is 12.9. The van der Waals surface area contributed by atoms with Crippen molar-refractivity contribution in [3.63, 3.8) is 0 Å². The highest BCUT2D eigenvalue weighted by atomic mass is 32.1. The van der Waals surface area contributed by atoms with Gasteiger partial charge in [-0.05, 0) is 36.7 Å². The summed E-state index contributed by atoms with van der Waals surface area (Å²) >= 11 is 1.70. The van der Waals surface area contributed by atoms with Crippen LogP contribution in [0.25, 0.3) is 0 Å². The van der Waals surface area contributed by atoms with Gasteiger partial charge < -0.3 is 20.1 Å². The van der Waals surface area contributed by atoms with Crippen molar-refractivity contribution in [1.29, 1.82) is 0 Å². The molecule has 0 unspecified atom stereocenters. The van der Waals surface area contributed by atoms with Crippen LogP contribution in [-0.4, -0.2) is 38.1 Å². The molecule has 0 bridgehead atoms. The number of carbonyl (C=O) groups excluding carboxylic acids is 1. The maximum Gasteiger partial charge on any atom is 0.256 e. The number of nitrogens with zero attached hydrogens (tertiary/aromatic N) is 1. The Balaban J connectivity index is 1.69. The van der Waals surface area contributed by atoms with E-state index < -0.39 is 0 Å². The minimum Gasteiger partial charge on any atom is -0.497 e. The van der Waals surface area contributed by atoms with Crippen LogP contribution in [0.3, 0.4) is 0 Å². The molecular weight excluding hydrogens is 350 g/mol. The van der Waals surface area contributed by atoms with E-state index in [1.807, 2.05) is 18.2 Å². The highest BCUT2D eigenvalue weighted by molar-refractivity contribution is 7.16. The molecule has 138 valence electrons. The molecule has 0 saturated carbocycles. The lowest BCUT2D eigenvalue weighted by atomic mass is 10.00. The van der Waals surface area contributed by atoms with Gasteiger partial charge in [0.15, 0.2) is 0 Å². The molecule has 1 aromatic heterocycles. The van der Waals surface area contributed by atoms with Crippen molar-refractivity contribution in [1.82, 2.24) is 10.2 Å². The van der Waals surface area contributed by atoms with Crippen molar-refractivity contribution in [3.05, 3.63) is 39.8 Å². The number of nitrogens with one attached hydrogen (secondary N) is 2. The van der Waals surface area contributed by atoms with Gasteiger partial charge in [-0.25, -0.2) is 0 Å². The van der Waals surface area contributed by atoms with Crippen LogP contribution in [0.15, 0.2) is 18.2 Å². The first-order valence-electron chi connectivity index (χ1n) is 8.80. The number of hydrogen-bond donors (Lipinski definition) is 2. The van der Waals surface area contributed by atoms with E-state index in [0.29, 0.717) is 5.75 Å². The predicted molar refractivity (Wildman–Crippen MR) is 102 cm³/mol. The molecule has 7 heteroatoms. The topological polar surface area (TPSA) is 62.8 Å². The van der Waals surface area contributed by atoms with Crippen molar-refractivity contribution in [2.45, 2.75) is 26.1 Å². The summed E-state index contributed by atoms with van der Waals surface area (Å²) in [4.78, 5) is 16.6. The van der Waals surface area contributed by atoms with Crippen LogP contribution in [0.2, 0.25) is 0 Å². The van der Waals surface area contributed by atoms with Crippen molar-refractivity contribution >= 4 is 22.2 Å². The third kappa shape index (κ3) is 2.81. The molecule has 1 amide bonds. The second kappa shape index (κ2) is 6.81. The van der Waals surface area contributed by atoms with E-state index in [2.05, 4.69) is 22.5 Å². The summed E-state index contributed by atoms with van der Waals surface area (Å²) in [5.41, 5.74) is 2.88. The SMILES string of the molecule is CCN1CCc2c(sc3c2C(=O)N[C@@H](c2cc(OC)ccc2OC)N3)C1. The Hall–Kier alpha value is -2.25. The van der Waals surface area contributed by atoms with Crippen LogP contribution in [0.1, 0.15) is 39.5 Å². The number of hydrogen-bond acceptors (Lipinski definition) is 6. The zero-order valence-corrected chi connectivity index (χ0v) is 16.0. The molecule has 4 rings (SSSR count). The second-order valence-corrected chi connectivity index (χ2v) is 7.59. The molecule has 2 aliphatic heterocycles. The van der Waals surface area contributed by atoms with Crippen LogP contribution in [0.4, 0.5) is 5.00 Å². The molecule has 2 aliphatic rings. The van der Waals surface area contributed by atoms with Gasteiger partial charge in [-0.15, -0.1) is 11.3 Å². The zero-order valence-electron chi connectivity index (χ0n) is 15.2. The average Bonchev–Trinajstić information content (AvgIpc) is 3.05. The second-order valence-electron chi connectivity index (χ2n) is 6.49. The molecule has 2 N–H and O–H groups in total.